The van der Waals surface area contributed by atoms with Gasteiger partial charge < -0.3 is 18.8 Å². The molecule has 0 saturated carbocycles. The maximum atomic E-state index is 14.1. The lowest BCUT2D eigenvalue weighted by Crippen LogP contribution is -2.70. The van der Waals surface area contributed by atoms with Gasteiger partial charge in [0.05, 0.1) is 31.4 Å². The summed E-state index contributed by atoms with van der Waals surface area (Å²) < 4.78 is 34.1. The molecular formula is C33H45ClFN5O3Si. The fourth-order valence-corrected chi connectivity index (χ4v) is 11.6. The minimum absolute atomic E-state index is 0.0346. The Labute approximate surface area is 267 Å². The van der Waals surface area contributed by atoms with Crippen LogP contribution >= 0.6 is 11.6 Å². The molecule has 44 heavy (non-hydrogen) atoms. The summed E-state index contributed by atoms with van der Waals surface area (Å²) in [5, 5.41) is 2.22. The van der Waals surface area contributed by atoms with Crippen molar-refractivity contribution in [3.05, 3.63) is 65.9 Å². The number of hydrogen-bond acceptors (Lipinski definition) is 8. The van der Waals surface area contributed by atoms with Gasteiger partial charge in [0.1, 0.15) is 12.3 Å². The van der Waals surface area contributed by atoms with Crippen molar-refractivity contribution in [3.63, 3.8) is 0 Å². The summed E-state index contributed by atoms with van der Waals surface area (Å²) in [7, 11) is -0.997. The van der Waals surface area contributed by atoms with Crippen molar-refractivity contribution in [2.24, 2.45) is 0 Å². The zero-order valence-corrected chi connectivity index (χ0v) is 28.6. The molecule has 0 spiro atoms. The zero-order valence-electron chi connectivity index (χ0n) is 26.8. The van der Waals surface area contributed by atoms with Gasteiger partial charge in [0.15, 0.2) is 0 Å². The number of hydrogen-bond donors (Lipinski definition) is 0. The van der Waals surface area contributed by atoms with E-state index in [-0.39, 0.29) is 34.5 Å². The first kappa shape index (κ1) is 32.8. The maximum Gasteiger partial charge on any atom is 0.322 e. The highest BCUT2D eigenvalue weighted by molar-refractivity contribution is 6.99. The number of rotatable bonds is 8. The number of halogens is 2. The zero-order chi connectivity index (χ0) is 31.7. The standard InChI is InChI=1S/C33H45ClFN5O3Si/c1-23-20-41-22-33(6,43-44(32(3,4)5,26-14-10-8-11-15-26)27-16-12-9-13-17-27)21-40(23)30-36-29(34)37-31(38-30)42-24(2)28-18-25(35)19-39(28)7/h8-17,23-25,28H,18-22H2,1-7H3/t23-,24+,25-,28+,33-/m1/s1. The second kappa shape index (κ2) is 13.0. The Bertz CT molecular complexity index is 1360. The van der Waals surface area contributed by atoms with E-state index in [1.54, 1.807) is 0 Å². The fourth-order valence-electron chi connectivity index (χ4n) is 6.71. The normalized spacial score (nSPS) is 25.9. The third-order valence-electron chi connectivity index (χ3n) is 8.83. The van der Waals surface area contributed by atoms with E-state index in [1.165, 1.54) is 10.4 Å². The maximum absolute atomic E-state index is 14.1. The van der Waals surface area contributed by atoms with Gasteiger partial charge in [0.25, 0.3) is 8.32 Å². The average Bonchev–Trinajstić information content (AvgIpc) is 3.24. The van der Waals surface area contributed by atoms with Crippen molar-refractivity contribution >= 4 is 36.2 Å². The van der Waals surface area contributed by atoms with Crippen molar-refractivity contribution in [1.29, 1.82) is 0 Å². The van der Waals surface area contributed by atoms with Gasteiger partial charge in [-0.05, 0) is 61.3 Å². The minimum Gasteiger partial charge on any atom is -0.459 e. The van der Waals surface area contributed by atoms with Gasteiger partial charge in [0.2, 0.25) is 11.2 Å². The molecular weight excluding hydrogens is 597 g/mol. The second-order valence-electron chi connectivity index (χ2n) is 13.6. The van der Waals surface area contributed by atoms with Crippen LogP contribution in [0.2, 0.25) is 10.3 Å². The monoisotopic (exact) mass is 641 g/mol. The molecule has 3 aromatic rings. The van der Waals surface area contributed by atoms with Crippen LogP contribution in [0.5, 0.6) is 6.01 Å². The Kier molecular flexibility index (Phi) is 9.68. The van der Waals surface area contributed by atoms with Gasteiger partial charge in [-0.3, -0.25) is 4.90 Å². The van der Waals surface area contributed by atoms with Crippen LogP contribution in [0.25, 0.3) is 0 Å². The van der Waals surface area contributed by atoms with Crippen molar-refractivity contribution in [3.8, 4) is 6.01 Å². The van der Waals surface area contributed by atoms with Crippen LogP contribution in [0.15, 0.2) is 60.7 Å². The molecule has 2 aliphatic rings. The molecule has 0 bridgehead atoms. The first-order valence-corrected chi connectivity index (χ1v) is 17.7. The molecule has 0 radical (unpaired) electrons. The van der Waals surface area contributed by atoms with Crippen molar-refractivity contribution in [2.75, 3.05) is 38.3 Å². The van der Waals surface area contributed by atoms with Crippen LogP contribution in [0.3, 0.4) is 0 Å². The number of ether oxygens (including phenoxy) is 2. The molecule has 5 atom stereocenters. The summed E-state index contributed by atoms with van der Waals surface area (Å²) in [5.74, 6) is 0.394. The molecule has 2 aliphatic heterocycles. The van der Waals surface area contributed by atoms with Crippen LogP contribution in [0.1, 0.15) is 48.0 Å². The lowest BCUT2D eigenvalue weighted by molar-refractivity contribution is -0.00222. The molecule has 2 fully saturated rings. The first-order chi connectivity index (χ1) is 20.8. The van der Waals surface area contributed by atoms with Crippen LogP contribution < -0.4 is 20.0 Å². The van der Waals surface area contributed by atoms with Crippen LogP contribution in [-0.2, 0) is 9.16 Å². The molecule has 1 aromatic heterocycles. The van der Waals surface area contributed by atoms with E-state index in [9.17, 15) is 4.39 Å². The van der Waals surface area contributed by atoms with E-state index >= 15 is 0 Å². The van der Waals surface area contributed by atoms with Gasteiger partial charge in [-0.2, -0.15) is 15.0 Å². The molecule has 0 amide bonds. The molecule has 0 unspecified atom stereocenters. The van der Waals surface area contributed by atoms with Crippen molar-refractivity contribution in [1.82, 2.24) is 19.9 Å². The molecule has 238 valence electrons. The highest BCUT2D eigenvalue weighted by Gasteiger charge is 2.54. The predicted molar refractivity (Wildman–Crippen MR) is 176 cm³/mol. The van der Waals surface area contributed by atoms with E-state index in [4.69, 9.17) is 30.5 Å². The molecule has 0 N–H and O–H groups in total. The topological polar surface area (TPSA) is 72.8 Å². The van der Waals surface area contributed by atoms with E-state index in [0.29, 0.717) is 38.7 Å². The number of benzene rings is 2. The summed E-state index contributed by atoms with van der Waals surface area (Å²) in [6.07, 6.45) is -0.803. The Morgan fingerprint density at radius 3 is 2.20 bits per heavy atom. The average molecular weight is 642 g/mol. The summed E-state index contributed by atoms with van der Waals surface area (Å²) in [6, 6.07) is 21.1. The largest absolute Gasteiger partial charge is 0.459 e. The third-order valence-corrected chi connectivity index (χ3v) is 14.2. The Balaban J connectivity index is 1.50. The summed E-state index contributed by atoms with van der Waals surface area (Å²) >= 11 is 6.46. The SMILES string of the molecule is C[C@H](Oc1nc(Cl)nc(N2C[C@@](C)(O[Si](c3ccccc3)(c3ccccc3)C(C)(C)C)COC[C@H]2C)n1)[C@@H]1C[C@@H](F)CN1C. The molecule has 2 aromatic carbocycles. The predicted octanol–water partition coefficient (Wildman–Crippen LogP) is 4.89. The Hall–Kier alpha value is -2.63. The van der Waals surface area contributed by atoms with E-state index in [0.717, 1.165) is 0 Å². The minimum atomic E-state index is -2.90. The number of likely N-dealkylation sites (N-methyl/N-ethyl adjacent to an activating group) is 1. The van der Waals surface area contributed by atoms with Gasteiger partial charge in [-0.25, -0.2) is 4.39 Å². The van der Waals surface area contributed by atoms with Crippen LogP contribution in [-0.4, -0.2) is 91.5 Å². The third kappa shape index (κ3) is 6.79. The molecule has 5 rings (SSSR count). The number of aromatic nitrogens is 3. The smallest absolute Gasteiger partial charge is 0.322 e. The summed E-state index contributed by atoms with van der Waals surface area (Å²) in [4.78, 5) is 17.6. The highest BCUT2D eigenvalue weighted by atomic mass is 35.5. The van der Waals surface area contributed by atoms with Crippen LogP contribution in [0, 0.1) is 0 Å². The Morgan fingerprint density at radius 2 is 1.66 bits per heavy atom. The summed E-state index contributed by atoms with van der Waals surface area (Å²) in [5.41, 5.74) is -0.730. The number of anilines is 1. The summed E-state index contributed by atoms with van der Waals surface area (Å²) in [6.45, 7) is 14.6. The lowest BCUT2D eigenvalue weighted by Gasteiger charge is -2.49. The lowest BCUT2D eigenvalue weighted by atomic mass is 10.1. The second-order valence-corrected chi connectivity index (χ2v) is 18.1. The molecule has 2 saturated heterocycles. The number of nitrogens with zero attached hydrogens (tertiary/aromatic N) is 5. The Morgan fingerprint density at radius 1 is 1.05 bits per heavy atom. The van der Waals surface area contributed by atoms with Crippen molar-refractivity contribution in [2.45, 2.75) is 83.0 Å². The molecule has 8 nitrogen and oxygen atoms in total. The van der Waals surface area contributed by atoms with Crippen molar-refractivity contribution < 1.29 is 18.3 Å². The van der Waals surface area contributed by atoms with Gasteiger partial charge >= 0.3 is 6.01 Å². The van der Waals surface area contributed by atoms with Gasteiger partial charge in [-0.1, -0.05) is 81.4 Å². The molecule has 0 aliphatic carbocycles. The fraction of sp³-hybridized carbons (Fsp3) is 0.545. The highest BCUT2D eigenvalue weighted by Crippen LogP contribution is 2.40. The quantitative estimate of drug-likeness (QED) is 0.322. The first-order valence-electron chi connectivity index (χ1n) is 15.4. The molecule has 3 heterocycles. The van der Waals surface area contributed by atoms with E-state index in [1.807, 2.05) is 31.0 Å². The number of likely N-dealkylation sites (tertiary alicyclic amines) is 1. The van der Waals surface area contributed by atoms with Gasteiger partial charge in [0, 0.05) is 12.6 Å². The molecule has 11 heteroatoms. The van der Waals surface area contributed by atoms with Crippen LogP contribution in [0.4, 0.5) is 10.3 Å². The van der Waals surface area contributed by atoms with E-state index < -0.39 is 20.1 Å². The number of alkyl halides is 1. The van der Waals surface area contributed by atoms with E-state index in [2.05, 4.69) is 98.0 Å². The van der Waals surface area contributed by atoms with Gasteiger partial charge in [-0.15, -0.1) is 0 Å².